The maximum atomic E-state index is 10.9. The molecule has 0 saturated carbocycles. The van der Waals surface area contributed by atoms with Crippen molar-refractivity contribution in [2.75, 3.05) is 13.2 Å². The molecule has 1 heterocycles. The predicted molar refractivity (Wildman–Crippen MR) is 37.1 cm³/mol. The number of rotatable bonds is 2. The number of hydrogen-bond acceptors (Lipinski definition) is 2. The second kappa shape index (κ2) is 3.37. The van der Waals surface area contributed by atoms with Crippen molar-refractivity contribution in [3.05, 3.63) is 12.7 Å². The Morgan fingerprint density at radius 1 is 1.80 bits per heavy atom. The van der Waals surface area contributed by atoms with E-state index in [1.54, 1.807) is 6.08 Å². The van der Waals surface area contributed by atoms with Crippen LogP contribution in [0.1, 0.15) is 12.8 Å². The Hall–Kier alpha value is -0.830. The molecule has 0 unspecified atom stereocenters. The summed E-state index contributed by atoms with van der Waals surface area (Å²) in [5, 5.41) is 1.36. The summed E-state index contributed by atoms with van der Waals surface area (Å²) in [4.78, 5) is 16.0. The third-order valence-corrected chi connectivity index (χ3v) is 1.36. The van der Waals surface area contributed by atoms with E-state index in [0.717, 1.165) is 6.42 Å². The molecule has 1 saturated heterocycles. The van der Waals surface area contributed by atoms with Crippen LogP contribution in [0.25, 0.3) is 0 Å². The minimum absolute atomic E-state index is 0.0613. The van der Waals surface area contributed by atoms with E-state index in [1.165, 1.54) is 5.06 Å². The van der Waals surface area contributed by atoms with Gasteiger partial charge < -0.3 is 0 Å². The van der Waals surface area contributed by atoms with Gasteiger partial charge in [0.05, 0.1) is 13.2 Å². The molecule has 10 heavy (non-hydrogen) atoms. The normalized spacial score (nSPS) is 19.2. The first-order valence-corrected chi connectivity index (χ1v) is 3.39. The van der Waals surface area contributed by atoms with Gasteiger partial charge in [0.15, 0.2) is 0 Å². The van der Waals surface area contributed by atoms with Crippen molar-refractivity contribution < 1.29 is 9.63 Å². The van der Waals surface area contributed by atoms with E-state index in [1.807, 2.05) is 0 Å². The van der Waals surface area contributed by atoms with Crippen molar-refractivity contribution >= 4 is 5.91 Å². The average molecular weight is 141 g/mol. The molecule has 3 nitrogen and oxygen atoms in total. The topological polar surface area (TPSA) is 29.5 Å². The molecule has 0 N–H and O–H groups in total. The molecular formula is C7H11NO2. The Balaban J connectivity index is 2.39. The highest BCUT2D eigenvalue weighted by Gasteiger charge is 2.16. The third kappa shape index (κ3) is 1.57. The summed E-state index contributed by atoms with van der Waals surface area (Å²) < 4.78 is 0. The van der Waals surface area contributed by atoms with Crippen LogP contribution in [-0.2, 0) is 9.63 Å². The molecule has 56 valence electrons. The van der Waals surface area contributed by atoms with Gasteiger partial charge in [-0.25, -0.2) is 5.06 Å². The SMILES string of the molecule is C=CCN1OCCCC1=O. The van der Waals surface area contributed by atoms with Gasteiger partial charge in [-0.2, -0.15) is 0 Å². The summed E-state index contributed by atoms with van der Waals surface area (Å²) in [7, 11) is 0. The van der Waals surface area contributed by atoms with E-state index >= 15 is 0 Å². The highest BCUT2D eigenvalue weighted by Crippen LogP contribution is 2.06. The minimum atomic E-state index is 0.0613. The Morgan fingerprint density at radius 2 is 2.60 bits per heavy atom. The predicted octanol–water partition coefficient (Wildman–Crippen LogP) is 0.726. The zero-order chi connectivity index (χ0) is 7.40. The lowest BCUT2D eigenvalue weighted by Crippen LogP contribution is -2.35. The van der Waals surface area contributed by atoms with Crippen LogP contribution in [0.4, 0.5) is 0 Å². The Labute approximate surface area is 60.2 Å². The monoisotopic (exact) mass is 141 g/mol. The van der Waals surface area contributed by atoms with Gasteiger partial charge in [0.2, 0.25) is 5.91 Å². The molecule has 1 fully saturated rings. The number of amides is 1. The number of carbonyl (C=O) groups is 1. The molecule has 1 rings (SSSR count). The van der Waals surface area contributed by atoms with Gasteiger partial charge in [-0.1, -0.05) is 6.08 Å². The van der Waals surface area contributed by atoms with Crippen LogP contribution in [0.15, 0.2) is 12.7 Å². The lowest BCUT2D eigenvalue weighted by atomic mass is 10.3. The largest absolute Gasteiger partial charge is 0.273 e. The van der Waals surface area contributed by atoms with Crippen molar-refractivity contribution in [2.45, 2.75) is 12.8 Å². The molecule has 0 aromatic rings. The van der Waals surface area contributed by atoms with Crippen LogP contribution in [0.3, 0.4) is 0 Å². The molecule has 3 heteroatoms. The van der Waals surface area contributed by atoms with E-state index in [4.69, 9.17) is 4.84 Å². The van der Waals surface area contributed by atoms with E-state index in [-0.39, 0.29) is 5.91 Å². The van der Waals surface area contributed by atoms with Gasteiger partial charge in [0.25, 0.3) is 0 Å². The molecule has 0 aromatic heterocycles. The summed E-state index contributed by atoms with van der Waals surface area (Å²) in [5.74, 6) is 0.0613. The maximum Gasteiger partial charge on any atom is 0.246 e. The van der Waals surface area contributed by atoms with Gasteiger partial charge in [-0.15, -0.1) is 6.58 Å². The Kier molecular flexibility index (Phi) is 2.45. The number of hydroxylamine groups is 2. The van der Waals surface area contributed by atoms with Crippen LogP contribution in [0.2, 0.25) is 0 Å². The second-order valence-electron chi connectivity index (χ2n) is 2.18. The number of carbonyl (C=O) groups excluding carboxylic acids is 1. The summed E-state index contributed by atoms with van der Waals surface area (Å²) in [6.07, 6.45) is 3.10. The minimum Gasteiger partial charge on any atom is -0.273 e. The number of nitrogens with zero attached hydrogens (tertiary/aromatic N) is 1. The van der Waals surface area contributed by atoms with Gasteiger partial charge in [0.1, 0.15) is 0 Å². The van der Waals surface area contributed by atoms with E-state index in [9.17, 15) is 4.79 Å². The van der Waals surface area contributed by atoms with Crippen LogP contribution >= 0.6 is 0 Å². The molecule has 0 radical (unpaired) electrons. The van der Waals surface area contributed by atoms with Crippen molar-refractivity contribution in [1.82, 2.24) is 5.06 Å². The zero-order valence-corrected chi connectivity index (χ0v) is 5.88. The highest BCUT2D eigenvalue weighted by atomic mass is 16.7. The van der Waals surface area contributed by atoms with Crippen molar-refractivity contribution in [1.29, 1.82) is 0 Å². The summed E-state index contributed by atoms with van der Waals surface area (Å²) in [5.41, 5.74) is 0. The molecule has 0 aliphatic carbocycles. The first-order chi connectivity index (χ1) is 4.84. The lowest BCUT2D eigenvalue weighted by molar-refractivity contribution is -0.194. The van der Waals surface area contributed by atoms with E-state index in [0.29, 0.717) is 19.6 Å². The Morgan fingerprint density at radius 3 is 3.20 bits per heavy atom. The van der Waals surface area contributed by atoms with Crippen LogP contribution in [0, 0.1) is 0 Å². The van der Waals surface area contributed by atoms with Crippen LogP contribution in [0.5, 0.6) is 0 Å². The average Bonchev–Trinajstić information content (AvgIpc) is 1.94. The van der Waals surface area contributed by atoms with E-state index in [2.05, 4.69) is 6.58 Å². The van der Waals surface area contributed by atoms with E-state index < -0.39 is 0 Å². The lowest BCUT2D eigenvalue weighted by Gasteiger charge is -2.24. The molecule has 0 spiro atoms. The Bertz CT molecular complexity index is 145. The molecular weight excluding hydrogens is 130 g/mol. The molecule has 1 aliphatic heterocycles. The third-order valence-electron chi connectivity index (χ3n) is 1.36. The maximum absolute atomic E-state index is 10.9. The van der Waals surface area contributed by atoms with Crippen molar-refractivity contribution in [2.24, 2.45) is 0 Å². The van der Waals surface area contributed by atoms with Gasteiger partial charge in [0, 0.05) is 6.42 Å². The van der Waals surface area contributed by atoms with Crippen LogP contribution in [-0.4, -0.2) is 24.1 Å². The molecule has 1 amide bonds. The molecule has 1 aliphatic rings. The fraction of sp³-hybridized carbons (Fsp3) is 0.571. The quantitative estimate of drug-likeness (QED) is 0.530. The fourth-order valence-electron chi connectivity index (χ4n) is 0.867. The van der Waals surface area contributed by atoms with Crippen molar-refractivity contribution in [3.8, 4) is 0 Å². The molecule has 0 bridgehead atoms. The fourth-order valence-corrected chi connectivity index (χ4v) is 0.867. The number of hydrogen-bond donors (Lipinski definition) is 0. The summed E-state index contributed by atoms with van der Waals surface area (Å²) >= 11 is 0. The molecule has 0 atom stereocenters. The van der Waals surface area contributed by atoms with Gasteiger partial charge in [-0.05, 0) is 6.42 Å². The summed E-state index contributed by atoms with van der Waals surface area (Å²) in [6, 6.07) is 0. The molecule has 0 aromatic carbocycles. The first-order valence-electron chi connectivity index (χ1n) is 3.39. The standard InChI is InChI=1S/C7H11NO2/c1-2-5-8-7(9)4-3-6-10-8/h2H,1,3-6H2. The van der Waals surface area contributed by atoms with Crippen molar-refractivity contribution in [3.63, 3.8) is 0 Å². The smallest absolute Gasteiger partial charge is 0.246 e. The highest BCUT2D eigenvalue weighted by molar-refractivity contribution is 5.75. The zero-order valence-electron chi connectivity index (χ0n) is 5.88. The van der Waals surface area contributed by atoms with Crippen LogP contribution < -0.4 is 0 Å². The van der Waals surface area contributed by atoms with Gasteiger partial charge >= 0.3 is 0 Å². The first kappa shape index (κ1) is 7.28. The summed E-state index contributed by atoms with van der Waals surface area (Å²) in [6.45, 7) is 4.67. The van der Waals surface area contributed by atoms with Gasteiger partial charge in [-0.3, -0.25) is 9.63 Å². The second-order valence-corrected chi connectivity index (χ2v) is 2.18.